The van der Waals surface area contributed by atoms with Gasteiger partial charge in [-0.2, -0.15) is 0 Å². The van der Waals surface area contributed by atoms with E-state index in [4.69, 9.17) is 11.6 Å². The van der Waals surface area contributed by atoms with Crippen molar-refractivity contribution in [1.29, 1.82) is 0 Å². The van der Waals surface area contributed by atoms with Crippen LogP contribution in [-0.4, -0.2) is 15.7 Å². The molecule has 1 fully saturated rings. The molecule has 1 aromatic carbocycles. The van der Waals surface area contributed by atoms with Crippen LogP contribution in [0.4, 0.5) is 4.39 Å². The van der Waals surface area contributed by atoms with E-state index in [-0.39, 0.29) is 17.5 Å². The molecule has 100 valence electrons. The highest BCUT2D eigenvalue weighted by Gasteiger charge is 2.42. The van der Waals surface area contributed by atoms with Crippen LogP contribution in [0.1, 0.15) is 38.1 Å². The van der Waals surface area contributed by atoms with Gasteiger partial charge >= 0.3 is 0 Å². The van der Waals surface area contributed by atoms with Crippen molar-refractivity contribution in [2.45, 2.75) is 38.4 Å². The summed E-state index contributed by atoms with van der Waals surface area (Å²) >= 11 is 6.08. The molecule has 1 aliphatic carbocycles. The van der Waals surface area contributed by atoms with Crippen molar-refractivity contribution >= 4 is 22.5 Å². The topological polar surface area (TPSA) is 34.9 Å². The average Bonchev–Trinajstić information content (AvgIpc) is 3.05. The molecule has 0 unspecified atom stereocenters. The SMILES string of the molecule is CC(C)c1nc2cccc(Cl)c2c(=O)n1[C@@H]1C[C@@H]1F. The van der Waals surface area contributed by atoms with Gasteiger partial charge in [-0.3, -0.25) is 9.36 Å². The highest BCUT2D eigenvalue weighted by molar-refractivity contribution is 6.35. The molecular formula is C14H14ClFN2O. The van der Waals surface area contributed by atoms with E-state index in [9.17, 15) is 9.18 Å². The van der Waals surface area contributed by atoms with E-state index in [0.717, 1.165) is 0 Å². The number of aromatic nitrogens is 2. The van der Waals surface area contributed by atoms with Gasteiger partial charge in [-0.05, 0) is 12.1 Å². The fourth-order valence-electron chi connectivity index (χ4n) is 2.37. The third kappa shape index (κ3) is 1.94. The zero-order valence-corrected chi connectivity index (χ0v) is 11.5. The predicted octanol–water partition coefficient (Wildman–Crippen LogP) is 3.46. The maximum atomic E-state index is 13.4. The molecule has 2 atom stereocenters. The Morgan fingerprint density at radius 2 is 2.16 bits per heavy atom. The second kappa shape index (κ2) is 4.30. The molecular weight excluding hydrogens is 267 g/mol. The molecule has 1 heterocycles. The number of hydrogen-bond acceptors (Lipinski definition) is 2. The predicted molar refractivity (Wildman–Crippen MR) is 73.7 cm³/mol. The fourth-order valence-corrected chi connectivity index (χ4v) is 2.62. The minimum atomic E-state index is -0.947. The molecule has 2 aromatic rings. The van der Waals surface area contributed by atoms with E-state index >= 15 is 0 Å². The minimum absolute atomic E-state index is 0.0591. The number of rotatable bonds is 2. The van der Waals surface area contributed by atoms with Gasteiger partial charge in [-0.15, -0.1) is 0 Å². The van der Waals surface area contributed by atoms with Crippen molar-refractivity contribution in [2.24, 2.45) is 0 Å². The van der Waals surface area contributed by atoms with Crippen LogP contribution in [0.2, 0.25) is 5.02 Å². The number of hydrogen-bond donors (Lipinski definition) is 0. The smallest absolute Gasteiger partial charge is 0.263 e. The van der Waals surface area contributed by atoms with Crippen LogP contribution in [0, 0.1) is 0 Å². The van der Waals surface area contributed by atoms with Gasteiger partial charge in [0.1, 0.15) is 12.0 Å². The lowest BCUT2D eigenvalue weighted by Gasteiger charge is -2.15. The Kier molecular flexibility index (Phi) is 2.86. The highest BCUT2D eigenvalue weighted by atomic mass is 35.5. The van der Waals surface area contributed by atoms with Gasteiger partial charge in [0.15, 0.2) is 0 Å². The number of benzene rings is 1. The first kappa shape index (κ1) is 12.6. The zero-order valence-electron chi connectivity index (χ0n) is 10.7. The monoisotopic (exact) mass is 280 g/mol. The van der Waals surface area contributed by atoms with Gasteiger partial charge < -0.3 is 0 Å². The van der Waals surface area contributed by atoms with E-state index in [1.807, 2.05) is 13.8 Å². The zero-order chi connectivity index (χ0) is 13.7. The van der Waals surface area contributed by atoms with E-state index in [1.165, 1.54) is 4.57 Å². The molecule has 0 N–H and O–H groups in total. The molecule has 3 rings (SSSR count). The Balaban J connectivity index is 2.38. The van der Waals surface area contributed by atoms with E-state index in [1.54, 1.807) is 18.2 Å². The summed E-state index contributed by atoms with van der Waals surface area (Å²) in [6.07, 6.45) is -0.561. The van der Waals surface area contributed by atoms with Gasteiger partial charge in [-0.25, -0.2) is 9.37 Å². The van der Waals surface area contributed by atoms with Crippen molar-refractivity contribution in [3.8, 4) is 0 Å². The van der Waals surface area contributed by atoms with Crippen LogP contribution in [0.5, 0.6) is 0 Å². The third-order valence-corrected chi connectivity index (χ3v) is 3.75. The summed E-state index contributed by atoms with van der Waals surface area (Å²) in [5.74, 6) is 0.689. The average molecular weight is 281 g/mol. The van der Waals surface area contributed by atoms with Gasteiger partial charge in [-0.1, -0.05) is 31.5 Å². The molecule has 0 aliphatic heterocycles. The van der Waals surface area contributed by atoms with Crippen molar-refractivity contribution in [3.05, 3.63) is 39.4 Å². The molecule has 1 saturated carbocycles. The molecule has 5 heteroatoms. The standard InChI is InChI=1S/C14H14ClFN2O/c1-7(2)13-17-10-5-3-4-8(15)12(10)14(19)18(13)11-6-9(11)16/h3-5,7,9,11H,6H2,1-2H3/t9-,11+/m0/s1. The number of halogens is 2. The van der Waals surface area contributed by atoms with Crippen molar-refractivity contribution in [3.63, 3.8) is 0 Å². The van der Waals surface area contributed by atoms with Crippen LogP contribution in [0.25, 0.3) is 10.9 Å². The summed E-state index contributed by atoms with van der Waals surface area (Å²) in [4.78, 5) is 17.1. The third-order valence-electron chi connectivity index (χ3n) is 3.44. The van der Waals surface area contributed by atoms with Crippen LogP contribution in [0.3, 0.4) is 0 Å². The van der Waals surface area contributed by atoms with Gasteiger partial charge in [0, 0.05) is 12.3 Å². The summed E-state index contributed by atoms with van der Waals surface area (Å²) in [5, 5.41) is 0.753. The van der Waals surface area contributed by atoms with Crippen molar-refractivity contribution < 1.29 is 4.39 Å². The molecule has 19 heavy (non-hydrogen) atoms. The quantitative estimate of drug-likeness (QED) is 0.844. The fraction of sp³-hybridized carbons (Fsp3) is 0.429. The maximum absolute atomic E-state index is 13.4. The Bertz CT molecular complexity index is 710. The summed E-state index contributed by atoms with van der Waals surface area (Å²) in [6.45, 7) is 3.90. The van der Waals surface area contributed by atoms with Gasteiger partial charge in [0.2, 0.25) is 0 Å². The lowest BCUT2D eigenvalue weighted by atomic mass is 10.1. The van der Waals surface area contributed by atoms with Gasteiger partial charge in [0.05, 0.1) is 22.0 Å². The van der Waals surface area contributed by atoms with E-state index < -0.39 is 6.17 Å². The van der Waals surface area contributed by atoms with Crippen LogP contribution in [-0.2, 0) is 0 Å². The normalized spacial score (nSPS) is 22.2. The first-order valence-corrected chi connectivity index (χ1v) is 6.73. The first-order chi connectivity index (χ1) is 9.00. The number of nitrogens with zero attached hydrogens (tertiary/aromatic N) is 2. The minimum Gasteiger partial charge on any atom is -0.290 e. The number of alkyl halides is 1. The molecule has 0 spiro atoms. The summed E-state index contributed by atoms with van der Waals surface area (Å²) < 4.78 is 14.9. The Labute approximate surface area is 115 Å². The van der Waals surface area contributed by atoms with Crippen molar-refractivity contribution in [1.82, 2.24) is 9.55 Å². The molecule has 1 aromatic heterocycles. The number of fused-ring (bicyclic) bond motifs is 1. The van der Waals surface area contributed by atoms with Crippen LogP contribution < -0.4 is 5.56 Å². The molecule has 1 aliphatic rings. The molecule has 0 bridgehead atoms. The molecule has 3 nitrogen and oxygen atoms in total. The largest absolute Gasteiger partial charge is 0.290 e. The second-order valence-electron chi connectivity index (χ2n) is 5.25. The van der Waals surface area contributed by atoms with Gasteiger partial charge in [0.25, 0.3) is 5.56 Å². The van der Waals surface area contributed by atoms with E-state index in [0.29, 0.717) is 28.2 Å². The Morgan fingerprint density at radius 1 is 1.47 bits per heavy atom. The molecule has 0 saturated heterocycles. The lowest BCUT2D eigenvalue weighted by molar-refractivity contribution is 0.430. The molecule has 0 amide bonds. The first-order valence-electron chi connectivity index (χ1n) is 6.35. The lowest BCUT2D eigenvalue weighted by Crippen LogP contribution is -2.26. The van der Waals surface area contributed by atoms with Crippen LogP contribution in [0.15, 0.2) is 23.0 Å². The van der Waals surface area contributed by atoms with E-state index in [2.05, 4.69) is 4.98 Å². The summed E-state index contributed by atoms with van der Waals surface area (Å²) in [7, 11) is 0. The van der Waals surface area contributed by atoms with Crippen molar-refractivity contribution in [2.75, 3.05) is 0 Å². The summed E-state index contributed by atoms with van der Waals surface area (Å²) in [6, 6.07) is 4.81. The Hall–Kier alpha value is -1.42. The second-order valence-corrected chi connectivity index (χ2v) is 5.66. The van der Waals surface area contributed by atoms with Crippen LogP contribution >= 0.6 is 11.6 Å². The molecule has 0 radical (unpaired) electrons. The highest BCUT2D eigenvalue weighted by Crippen LogP contribution is 2.39. The Morgan fingerprint density at radius 3 is 2.74 bits per heavy atom. The maximum Gasteiger partial charge on any atom is 0.263 e. The summed E-state index contributed by atoms with van der Waals surface area (Å²) in [5.41, 5.74) is 0.345.